The molecule has 0 saturated heterocycles. The molecule has 0 unspecified atom stereocenters. The molecule has 0 spiro atoms. The molecule has 0 heterocycles. The van der Waals surface area contributed by atoms with Crippen molar-refractivity contribution in [1.29, 1.82) is 0 Å². The lowest BCUT2D eigenvalue weighted by molar-refractivity contribution is 0.309. The average molecular weight is 231 g/mol. The third kappa shape index (κ3) is 5.99. The number of ether oxygens (including phenoxy) is 1. The summed E-state index contributed by atoms with van der Waals surface area (Å²) in [5.41, 5.74) is 1.26. The SMILES string of the molecule is CC#CCNCc1ccc(OCCCC)cc1. The van der Waals surface area contributed by atoms with Crippen LogP contribution in [0.2, 0.25) is 0 Å². The summed E-state index contributed by atoms with van der Waals surface area (Å²) in [5.74, 6) is 6.79. The molecule has 0 saturated carbocycles. The predicted octanol–water partition coefficient (Wildman–Crippen LogP) is 2.98. The lowest BCUT2D eigenvalue weighted by Crippen LogP contribution is -2.12. The standard InChI is InChI=1S/C15H21NO/c1-3-5-11-16-13-14-7-9-15(10-8-14)17-12-6-4-2/h7-10,16H,4,6,11-13H2,1-2H3. The van der Waals surface area contributed by atoms with Crippen LogP contribution in [0.5, 0.6) is 5.75 Å². The maximum atomic E-state index is 5.60. The van der Waals surface area contributed by atoms with Crippen LogP contribution in [0.15, 0.2) is 24.3 Å². The average Bonchev–Trinajstić information content (AvgIpc) is 2.37. The number of hydrogen-bond acceptors (Lipinski definition) is 2. The molecule has 0 aliphatic heterocycles. The van der Waals surface area contributed by atoms with Gasteiger partial charge in [0, 0.05) is 6.54 Å². The van der Waals surface area contributed by atoms with Gasteiger partial charge in [-0.05, 0) is 31.0 Å². The van der Waals surface area contributed by atoms with E-state index in [-0.39, 0.29) is 0 Å². The Morgan fingerprint density at radius 1 is 1.24 bits per heavy atom. The third-order valence-electron chi connectivity index (χ3n) is 2.41. The van der Waals surface area contributed by atoms with Crippen molar-refractivity contribution in [2.24, 2.45) is 0 Å². The van der Waals surface area contributed by atoms with E-state index in [2.05, 4.69) is 36.2 Å². The summed E-state index contributed by atoms with van der Waals surface area (Å²) in [4.78, 5) is 0. The minimum atomic E-state index is 0.741. The third-order valence-corrected chi connectivity index (χ3v) is 2.41. The van der Waals surface area contributed by atoms with E-state index < -0.39 is 0 Å². The Balaban J connectivity index is 2.30. The smallest absolute Gasteiger partial charge is 0.119 e. The van der Waals surface area contributed by atoms with Crippen LogP contribution in [-0.2, 0) is 6.54 Å². The fourth-order valence-electron chi connectivity index (χ4n) is 1.40. The Morgan fingerprint density at radius 2 is 2.00 bits per heavy atom. The van der Waals surface area contributed by atoms with Crippen LogP contribution in [0.25, 0.3) is 0 Å². The second-order valence-corrected chi connectivity index (χ2v) is 3.88. The van der Waals surface area contributed by atoms with Crippen LogP contribution in [-0.4, -0.2) is 13.2 Å². The second-order valence-electron chi connectivity index (χ2n) is 3.88. The molecule has 0 aliphatic rings. The van der Waals surface area contributed by atoms with Crippen molar-refractivity contribution in [1.82, 2.24) is 5.32 Å². The van der Waals surface area contributed by atoms with Gasteiger partial charge in [0.15, 0.2) is 0 Å². The lowest BCUT2D eigenvalue weighted by atomic mass is 10.2. The van der Waals surface area contributed by atoms with Gasteiger partial charge in [-0.2, -0.15) is 0 Å². The van der Waals surface area contributed by atoms with Gasteiger partial charge in [-0.25, -0.2) is 0 Å². The van der Waals surface area contributed by atoms with Crippen LogP contribution in [0.1, 0.15) is 32.3 Å². The molecule has 0 atom stereocenters. The van der Waals surface area contributed by atoms with Gasteiger partial charge in [0.2, 0.25) is 0 Å². The maximum Gasteiger partial charge on any atom is 0.119 e. The van der Waals surface area contributed by atoms with E-state index in [9.17, 15) is 0 Å². The van der Waals surface area contributed by atoms with Crippen LogP contribution in [0, 0.1) is 11.8 Å². The fourth-order valence-corrected chi connectivity index (χ4v) is 1.40. The van der Waals surface area contributed by atoms with Gasteiger partial charge in [0.05, 0.1) is 13.2 Å². The van der Waals surface area contributed by atoms with Gasteiger partial charge in [-0.3, -0.25) is 0 Å². The minimum Gasteiger partial charge on any atom is -0.494 e. The Bertz CT molecular complexity index is 359. The topological polar surface area (TPSA) is 21.3 Å². The first-order valence-corrected chi connectivity index (χ1v) is 6.19. The van der Waals surface area contributed by atoms with Crippen molar-refractivity contribution in [3.63, 3.8) is 0 Å². The summed E-state index contributed by atoms with van der Waals surface area (Å²) >= 11 is 0. The van der Waals surface area contributed by atoms with Crippen molar-refractivity contribution in [3.8, 4) is 17.6 Å². The zero-order valence-electron chi connectivity index (χ0n) is 10.8. The Kier molecular flexibility index (Phi) is 6.93. The minimum absolute atomic E-state index is 0.741. The number of hydrogen-bond donors (Lipinski definition) is 1. The van der Waals surface area contributed by atoms with Crippen LogP contribution >= 0.6 is 0 Å². The summed E-state index contributed by atoms with van der Waals surface area (Å²) in [6.45, 7) is 6.41. The number of benzene rings is 1. The molecule has 0 aliphatic carbocycles. The molecule has 92 valence electrons. The fraction of sp³-hybridized carbons (Fsp3) is 0.467. The second kappa shape index (κ2) is 8.66. The van der Waals surface area contributed by atoms with Crippen molar-refractivity contribution < 1.29 is 4.74 Å². The number of unbranched alkanes of at least 4 members (excludes halogenated alkanes) is 1. The first-order valence-electron chi connectivity index (χ1n) is 6.19. The molecule has 0 aromatic heterocycles. The quantitative estimate of drug-likeness (QED) is 0.575. The molecule has 1 rings (SSSR count). The van der Waals surface area contributed by atoms with Gasteiger partial charge in [-0.15, -0.1) is 5.92 Å². The van der Waals surface area contributed by atoms with E-state index in [1.165, 1.54) is 12.0 Å². The number of rotatable bonds is 7. The summed E-state index contributed by atoms with van der Waals surface area (Å²) < 4.78 is 5.60. The Labute approximate surface area is 104 Å². The molecule has 1 aromatic rings. The highest BCUT2D eigenvalue weighted by molar-refractivity contribution is 5.27. The van der Waals surface area contributed by atoms with Gasteiger partial charge in [-0.1, -0.05) is 31.4 Å². The lowest BCUT2D eigenvalue weighted by Gasteiger charge is -2.06. The maximum absolute atomic E-state index is 5.60. The van der Waals surface area contributed by atoms with Crippen molar-refractivity contribution >= 4 is 0 Å². The highest BCUT2D eigenvalue weighted by Gasteiger charge is 1.95. The first-order chi connectivity index (χ1) is 8.36. The zero-order valence-corrected chi connectivity index (χ0v) is 10.8. The van der Waals surface area contributed by atoms with Crippen molar-refractivity contribution in [3.05, 3.63) is 29.8 Å². The van der Waals surface area contributed by atoms with Gasteiger partial charge in [0.1, 0.15) is 5.75 Å². The summed E-state index contributed by atoms with van der Waals surface area (Å²) in [6, 6.07) is 8.23. The molecule has 2 heteroatoms. The first kappa shape index (κ1) is 13.6. The summed E-state index contributed by atoms with van der Waals surface area (Å²) in [6.07, 6.45) is 2.28. The highest BCUT2D eigenvalue weighted by atomic mass is 16.5. The van der Waals surface area contributed by atoms with Crippen LogP contribution < -0.4 is 10.1 Å². The molecule has 0 radical (unpaired) electrons. The van der Waals surface area contributed by atoms with Gasteiger partial charge in [0.25, 0.3) is 0 Å². The number of nitrogens with one attached hydrogen (secondary N) is 1. The van der Waals surface area contributed by atoms with E-state index in [1.54, 1.807) is 0 Å². The van der Waals surface area contributed by atoms with E-state index in [1.807, 2.05) is 19.1 Å². The van der Waals surface area contributed by atoms with Crippen LogP contribution in [0.4, 0.5) is 0 Å². The molecular weight excluding hydrogens is 210 g/mol. The largest absolute Gasteiger partial charge is 0.494 e. The molecule has 0 fully saturated rings. The Morgan fingerprint density at radius 3 is 2.65 bits per heavy atom. The van der Waals surface area contributed by atoms with Crippen LogP contribution in [0.3, 0.4) is 0 Å². The molecule has 1 N–H and O–H groups in total. The molecule has 2 nitrogen and oxygen atoms in total. The van der Waals surface area contributed by atoms with E-state index in [0.29, 0.717) is 0 Å². The van der Waals surface area contributed by atoms with Gasteiger partial charge < -0.3 is 10.1 Å². The summed E-state index contributed by atoms with van der Waals surface area (Å²) in [7, 11) is 0. The Hall–Kier alpha value is -1.46. The highest BCUT2D eigenvalue weighted by Crippen LogP contribution is 2.12. The molecule has 17 heavy (non-hydrogen) atoms. The zero-order chi connectivity index (χ0) is 12.3. The van der Waals surface area contributed by atoms with E-state index in [0.717, 1.165) is 31.9 Å². The van der Waals surface area contributed by atoms with Gasteiger partial charge >= 0.3 is 0 Å². The van der Waals surface area contributed by atoms with E-state index in [4.69, 9.17) is 4.74 Å². The van der Waals surface area contributed by atoms with Crippen molar-refractivity contribution in [2.45, 2.75) is 33.2 Å². The predicted molar refractivity (Wildman–Crippen MR) is 72.0 cm³/mol. The normalized spacial score (nSPS) is 9.53. The molecule has 0 bridgehead atoms. The van der Waals surface area contributed by atoms with Crippen molar-refractivity contribution in [2.75, 3.05) is 13.2 Å². The summed E-state index contributed by atoms with van der Waals surface area (Å²) in [5, 5.41) is 3.26. The molecule has 1 aromatic carbocycles. The molecular formula is C15H21NO. The monoisotopic (exact) mass is 231 g/mol. The molecule has 0 amide bonds. The van der Waals surface area contributed by atoms with E-state index >= 15 is 0 Å².